The Hall–Kier alpha value is -0.400. The zero-order chi connectivity index (χ0) is 10.2. The third-order valence-electron chi connectivity index (χ3n) is 2.17. The summed E-state index contributed by atoms with van der Waals surface area (Å²) < 4.78 is 25.4. The molecule has 0 aliphatic carbocycles. The third-order valence-corrected chi connectivity index (χ3v) is 2.17. The highest BCUT2D eigenvalue weighted by Crippen LogP contribution is 2.25. The highest BCUT2D eigenvalue weighted by Gasteiger charge is 2.24. The number of halogens is 2. The molecule has 0 aromatic carbocycles. The van der Waals surface area contributed by atoms with E-state index in [9.17, 15) is 8.78 Å². The smallest absolute Gasteiger partial charge is 0.207 e. The van der Waals surface area contributed by atoms with Gasteiger partial charge in [-0.25, -0.2) is 8.78 Å². The van der Waals surface area contributed by atoms with Gasteiger partial charge in [0.25, 0.3) is 0 Å². The number of rotatable bonds is 7. The standard InChI is InChI=1S/C11H20F2/c1-3-5-6-7-8-9-10-11(12,13)4-2/h3,5H,4,6-10H2,1-2H3/b5-3+. The van der Waals surface area contributed by atoms with Crippen molar-refractivity contribution in [2.24, 2.45) is 0 Å². The summed E-state index contributed by atoms with van der Waals surface area (Å²) >= 11 is 0. The van der Waals surface area contributed by atoms with E-state index >= 15 is 0 Å². The molecule has 0 bridgehead atoms. The summed E-state index contributed by atoms with van der Waals surface area (Å²) in [6, 6.07) is 0. The molecule has 0 saturated carbocycles. The average molecular weight is 190 g/mol. The molecule has 0 aliphatic heterocycles. The minimum absolute atomic E-state index is 0.0259. The van der Waals surface area contributed by atoms with Gasteiger partial charge >= 0.3 is 0 Å². The predicted molar refractivity (Wildman–Crippen MR) is 53.1 cm³/mol. The van der Waals surface area contributed by atoms with Crippen molar-refractivity contribution in [2.75, 3.05) is 0 Å². The highest BCUT2D eigenvalue weighted by molar-refractivity contribution is 4.76. The maximum absolute atomic E-state index is 12.7. The second kappa shape index (κ2) is 7.05. The molecule has 0 N–H and O–H groups in total. The van der Waals surface area contributed by atoms with Gasteiger partial charge in [-0.1, -0.05) is 25.5 Å². The van der Waals surface area contributed by atoms with E-state index < -0.39 is 5.92 Å². The molecule has 0 aromatic rings. The van der Waals surface area contributed by atoms with E-state index in [4.69, 9.17) is 0 Å². The summed E-state index contributed by atoms with van der Waals surface area (Å²) in [6.45, 7) is 3.52. The quantitative estimate of drug-likeness (QED) is 0.408. The molecule has 78 valence electrons. The van der Waals surface area contributed by atoms with Crippen molar-refractivity contribution < 1.29 is 8.78 Å². The van der Waals surface area contributed by atoms with E-state index in [2.05, 4.69) is 6.08 Å². The van der Waals surface area contributed by atoms with Gasteiger partial charge in [0.15, 0.2) is 0 Å². The summed E-state index contributed by atoms with van der Waals surface area (Å²) in [7, 11) is 0. The Balaban J connectivity index is 3.25. The molecule has 0 aliphatic rings. The van der Waals surface area contributed by atoms with E-state index in [1.54, 1.807) is 6.92 Å². The van der Waals surface area contributed by atoms with Crippen molar-refractivity contribution in [1.29, 1.82) is 0 Å². The molecule has 0 amide bonds. The molecule has 2 heteroatoms. The predicted octanol–water partition coefficient (Wildman–Crippen LogP) is 4.56. The average Bonchev–Trinajstić information content (AvgIpc) is 2.11. The van der Waals surface area contributed by atoms with Crippen molar-refractivity contribution in [3.8, 4) is 0 Å². The number of alkyl halides is 2. The van der Waals surface area contributed by atoms with Crippen LogP contribution in [0.4, 0.5) is 8.78 Å². The molecule has 0 aromatic heterocycles. The Labute approximate surface area is 80.0 Å². The fraction of sp³-hybridized carbons (Fsp3) is 0.818. The first-order valence-electron chi connectivity index (χ1n) is 5.11. The van der Waals surface area contributed by atoms with E-state index in [-0.39, 0.29) is 12.8 Å². The maximum Gasteiger partial charge on any atom is 0.247 e. The summed E-state index contributed by atoms with van der Waals surface area (Å²) in [4.78, 5) is 0. The molecular weight excluding hydrogens is 170 g/mol. The Bertz CT molecular complexity index is 139. The molecule has 0 unspecified atom stereocenters. The molecule has 0 radical (unpaired) electrons. The van der Waals surface area contributed by atoms with E-state index in [0.717, 1.165) is 19.3 Å². The first kappa shape index (κ1) is 12.6. The van der Waals surface area contributed by atoms with Gasteiger partial charge < -0.3 is 0 Å². The summed E-state index contributed by atoms with van der Waals surface area (Å²) in [6.07, 6.45) is 7.73. The van der Waals surface area contributed by atoms with Crippen LogP contribution in [0, 0.1) is 0 Å². The Morgan fingerprint density at radius 2 is 1.85 bits per heavy atom. The molecule has 0 atom stereocenters. The molecule has 0 spiro atoms. The lowest BCUT2D eigenvalue weighted by Crippen LogP contribution is -2.13. The molecule has 0 heterocycles. The molecule has 0 fully saturated rings. The van der Waals surface area contributed by atoms with Gasteiger partial charge in [0, 0.05) is 12.8 Å². The van der Waals surface area contributed by atoms with Crippen LogP contribution >= 0.6 is 0 Å². The van der Waals surface area contributed by atoms with Gasteiger partial charge in [0.05, 0.1) is 0 Å². The van der Waals surface area contributed by atoms with E-state index in [1.807, 2.05) is 13.0 Å². The number of hydrogen-bond donors (Lipinski definition) is 0. The van der Waals surface area contributed by atoms with Gasteiger partial charge in [-0.3, -0.25) is 0 Å². The Morgan fingerprint density at radius 3 is 2.38 bits per heavy atom. The zero-order valence-electron chi connectivity index (χ0n) is 8.65. The lowest BCUT2D eigenvalue weighted by molar-refractivity contribution is -0.0136. The Morgan fingerprint density at radius 1 is 1.15 bits per heavy atom. The van der Waals surface area contributed by atoms with Crippen LogP contribution in [-0.4, -0.2) is 5.92 Å². The van der Waals surface area contributed by atoms with Crippen LogP contribution in [-0.2, 0) is 0 Å². The van der Waals surface area contributed by atoms with E-state index in [0.29, 0.717) is 6.42 Å². The van der Waals surface area contributed by atoms with Gasteiger partial charge in [-0.05, 0) is 26.2 Å². The van der Waals surface area contributed by atoms with Crippen molar-refractivity contribution in [3.05, 3.63) is 12.2 Å². The number of allylic oxidation sites excluding steroid dienone is 2. The van der Waals surface area contributed by atoms with Crippen LogP contribution in [0.15, 0.2) is 12.2 Å². The van der Waals surface area contributed by atoms with Gasteiger partial charge in [0.1, 0.15) is 0 Å². The topological polar surface area (TPSA) is 0 Å². The molecule has 0 rings (SSSR count). The van der Waals surface area contributed by atoms with Crippen molar-refractivity contribution >= 4 is 0 Å². The van der Waals surface area contributed by atoms with Crippen LogP contribution < -0.4 is 0 Å². The van der Waals surface area contributed by atoms with Crippen LogP contribution in [0.3, 0.4) is 0 Å². The van der Waals surface area contributed by atoms with Crippen molar-refractivity contribution in [3.63, 3.8) is 0 Å². The summed E-state index contributed by atoms with van der Waals surface area (Å²) in [5.74, 6) is -2.43. The third kappa shape index (κ3) is 7.94. The van der Waals surface area contributed by atoms with Gasteiger partial charge in [-0.15, -0.1) is 0 Å². The van der Waals surface area contributed by atoms with E-state index in [1.165, 1.54) is 0 Å². The van der Waals surface area contributed by atoms with Gasteiger partial charge in [0.2, 0.25) is 5.92 Å². The lowest BCUT2D eigenvalue weighted by Gasteiger charge is -2.12. The van der Waals surface area contributed by atoms with Crippen molar-refractivity contribution in [1.82, 2.24) is 0 Å². The van der Waals surface area contributed by atoms with Crippen molar-refractivity contribution in [2.45, 2.75) is 58.3 Å². The zero-order valence-corrected chi connectivity index (χ0v) is 8.65. The minimum atomic E-state index is -2.43. The molecule has 13 heavy (non-hydrogen) atoms. The SMILES string of the molecule is C/C=C/CCCCCC(F)(F)CC. The second-order valence-corrected chi connectivity index (χ2v) is 3.38. The summed E-state index contributed by atoms with van der Waals surface area (Å²) in [5.41, 5.74) is 0. The van der Waals surface area contributed by atoms with Crippen LogP contribution in [0.25, 0.3) is 0 Å². The molecule has 0 saturated heterocycles. The van der Waals surface area contributed by atoms with Crippen LogP contribution in [0.1, 0.15) is 52.4 Å². The largest absolute Gasteiger partial charge is 0.247 e. The van der Waals surface area contributed by atoms with Gasteiger partial charge in [-0.2, -0.15) is 0 Å². The molecule has 0 nitrogen and oxygen atoms in total. The molecular formula is C11H20F2. The normalized spacial score (nSPS) is 12.6. The van der Waals surface area contributed by atoms with Crippen LogP contribution in [0.2, 0.25) is 0 Å². The Kier molecular flexibility index (Phi) is 6.83. The minimum Gasteiger partial charge on any atom is -0.207 e. The summed E-state index contributed by atoms with van der Waals surface area (Å²) in [5, 5.41) is 0. The highest BCUT2D eigenvalue weighted by atomic mass is 19.3. The number of hydrogen-bond acceptors (Lipinski definition) is 0. The second-order valence-electron chi connectivity index (χ2n) is 3.38. The monoisotopic (exact) mass is 190 g/mol. The fourth-order valence-electron chi connectivity index (χ4n) is 1.17. The lowest BCUT2D eigenvalue weighted by atomic mass is 10.1. The maximum atomic E-state index is 12.7. The van der Waals surface area contributed by atoms with Crippen LogP contribution in [0.5, 0.6) is 0 Å². The first-order chi connectivity index (χ1) is 6.12. The fourth-order valence-corrected chi connectivity index (χ4v) is 1.17. The first-order valence-corrected chi connectivity index (χ1v) is 5.11. The number of unbranched alkanes of at least 4 members (excludes halogenated alkanes) is 3.